The first-order valence-corrected chi connectivity index (χ1v) is 8.69. The highest BCUT2D eigenvalue weighted by atomic mass is 35.5. The van der Waals surface area contributed by atoms with Crippen LogP contribution in [0.5, 0.6) is 0 Å². The molecule has 1 aromatic carbocycles. The van der Waals surface area contributed by atoms with Crippen molar-refractivity contribution in [2.24, 2.45) is 5.73 Å². The smallest absolute Gasteiger partial charge is 0.300 e. The van der Waals surface area contributed by atoms with Gasteiger partial charge in [0.25, 0.3) is 5.91 Å². The SMILES string of the molecule is CN(C)CCN.Cc1c(Cl)cc(Cl)c([N+](=O)[O-])c1C(=O)NCCN(C)C. The van der Waals surface area contributed by atoms with Gasteiger partial charge in [-0.15, -0.1) is 0 Å². The molecule has 0 bridgehead atoms. The molecular weight excluding hydrogens is 381 g/mol. The molecule has 3 N–H and O–H groups in total. The maximum atomic E-state index is 12.1. The molecule has 0 aliphatic heterocycles. The summed E-state index contributed by atoms with van der Waals surface area (Å²) in [4.78, 5) is 26.5. The molecule has 0 aliphatic carbocycles. The summed E-state index contributed by atoms with van der Waals surface area (Å²) in [5.74, 6) is -0.555. The van der Waals surface area contributed by atoms with Crippen molar-refractivity contribution in [3.8, 4) is 0 Å². The lowest BCUT2D eigenvalue weighted by Gasteiger charge is -2.13. The number of nitrogens with zero attached hydrogens (tertiary/aromatic N) is 3. The van der Waals surface area contributed by atoms with E-state index in [1.165, 1.54) is 6.07 Å². The van der Waals surface area contributed by atoms with Crippen molar-refractivity contribution in [2.45, 2.75) is 6.92 Å². The van der Waals surface area contributed by atoms with Gasteiger partial charge in [0.05, 0.1) is 4.92 Å². The van der Waals surface area contributed by atoms with Gasteiger partial charge >= 0.3 is 5.69 Å². The van der Waals surface area contributed by atoms with Crippen LogP contribution in [0.25, 0.3) is 0 Å². The third kappa shape index (κ3) is 8.29. The molecule has 0 radical (unpaired) electrons. The molecule has 0 unspecified atom stereocenters. The van der Waals surface area contributed by atoms with E-state index in [4.69, 9.17) is 28.9 Å². The molecule has 148 valence electrons. The van der Waals surface area contributed by atoms with Crippen molar-refractivity contribution in [1.82, 2.24) is 15.1 Å². The highest BCUT2D eigenvalue weighted by Gasteiger charge is 2.28. The zero-order chi connectivity index (χ0) is 20.4. The molecule has 8 nitrogen and oxygen atoms in total. The second kappa shape index (κ2) is 12.0. The molecular formula is C16H27Cl2N5O3. The van der Waals surface area contributed by atoms with Crippen LogP contribution < -0.4 is 11.1 Å². The Labute approximate surface area is 164 Å². The number of carbonyl (C=O) groups is 1. The average molecular weight is 408 g/mol. The average Bonchev–Trinajstić information content (AvgIpc) is 2.50. The van der Waals surface area contributed by atoms with Crippen molar-refractivity contribution < 1.29 is 9.72 Å². The van der Waals surface area contributed by atoms with E-state index in [0.29, 0.717) is 18.7 Å². The normalized spacial score (nSPS) is 10.5. The van der Waals surface area contributed by atoms with E-state index in [-0.39, 0.29) is 15.6 Å². The van der Waals surface area contributed by atoms with Gasteiger partial charge in [0.1, 0.15) is 10.6 Å². The van der Waals surface area contributed by atoms with E-state index >= 15 is 0 Å². The third-order valence-electron chi connectivity index (χ3n) is 3.28. The van der Waals surface area contributed by atoms with Gasteiger partial charge in [0.2, 0.25) is 0 Å². The largest absolute Gasteiger partial charge is 0.351 e. The Morgan fingerprint density at radius 2 is 1.73 bits per heavy atom. The topological polar surface area (TPSA) is 105 Å². The number of hydrogen-bond acceptors (Lipinski definition) is 6. The van der Waals surface area contributed by atoms with E-state index in [1.54, 1.807) is 6.92 Å². The van der Waals surface area contributed by atoms with Crippen LogP contribution in [0.1, 0.15) is 15.9 Å². The number of nitrogens with two attached hydrogens (primary N) is 1. The molecule has 0 heterocycles. The summed E-state index contributed by atoms with van der Waals surface area (Å²) in [6.07, 6.45) is 0. The summed E-state index contributed by atoms with van der Waals surface area (Å²) in [5, 5.41) is 13.8. The molecule has 0 saturated carbocycles. The van der Waals surface area contributed by atoms with Crippen molar-refractivity contribution in [2.75, 3.05) is 54.4 Å². The lowest BCUT2D eigenvalue weighted by atomic mass is 10.1. The summed E-state index contributed by atoms with van der Waals surface area (Å²) in [6, 6.07) is 1.27. The number of amides is 1. The van der Waals surface area contributed by atoms with Crippen LogP contribution in [0.15, 0.2) is 6.07 Å². The zero-order valence-corrected chi connectivity index (χ0v) is 17.3. The molecule has 1 amide bonds. The standard InChI is InChI=1S/C12H15Cl2N3O3.C4H12N2/c1-7-8(13)6-9(14)11(17(19)20)10(7)12(18)15-4-5-16(2)3;1-6(2)4-3-5/h6H,4-5H2,1-3H3,(H,15,18);3-5H2,1-2H3. The molecule has 10 heteroatoms. The molecule has 0 fully saturated rings. The maximum absolute atomic E-state index is 12.1. The minimum Gasteiger partial charge on any atom is -0.351 e. The van der Waals surface area contributed by atoms with E-state index in [2.05, 4.69) is 10.2 Å². The lowest BCUT2D eigenvalue weighted by Crippen LogP contribution is -2.32. The fourth-order valence-electron chi connectivity index (χ4n) is 1.90. The molecule has 0 saturated heterocycles. The van der Waals surface area contributed by atoms with E-state index in [1.807, 2.05) is 33.1 Å². The number of hydrogen-bond donors (Lipinski definition) is 2. The maximum Gasteiger partial charge on any atom is 0.300 e. The highest BCUT2D eigenvalue weighted by Crippen LogP contribution is 2.35. The van der Waals surface area contributed by atoms with Gasteiger partial charge < -0.3 is 20.9 Å². The Balaban J connectivity index is 0.000000896. The summed E-state index contributed by atoms with van der Waals surface area (Å²) >= 11 is 11.7. The number of likely N-dealkylation sites (N-methyl/N-ethyl adjacent to an activating group) is 2. The van der Waals surface area contributed by atoms with Gasteiger partial charge in [-0.2, -0.15) is 0 Å². The first-order valence-electron chi connectivity index (χ1n) is 7.93. The Kier molecular flexibility index (Phi) is 11.4. The van der Waals surface area contributed by atoms with Crippen LogP contribution in [0, 0.1) is 17.0 Å². The number of carbonyl (C=O) groups excluding carboxylic acids is 1. The van der Waals surface area contributed by atoms with Crippen LogP contribution in [0.3, 0.4) is 0 Å². The van der Waals surface area contributed by atoms with Crippen LogP contribution >= 0.6 is 23.2 Å². The van der Waals surface area contributed by atoms with E-state index in [0.717, 1.165) is 13.1 Å². The molecule has 0 spiro atoms. The molecule has 0 atom stereocenters. The minimum absolute atomic E-state index is 0.0914. The minimum atomic E-state index is -0.674. The van der Waals surface area contributed by atoms with E-state index in [9.17, 15) is 14.9 Å². The summed E-state index contributed by atoms with van der Waals surface area (Å²) in [5.41, 5.74) is 5.01. The number of halogens is 2. The fraction of sp³-hybridized carbons (Fsp3) is 0.562. The molecule has 1 rings (SSSR count). The lowest BCUT2D eigenvalue weighted by molar-refractivity contribution is -0.385. The third-order valence-corrected chi connectivity index (χ3v) is 3.96. The first kappa shape index (κ1) is 24.6. The predicted molar refractivity (Wildman–Crippen MR) is 106 cm³/mol. The Hall–Kier alpha value is -1.45. The number of nitro groups is 1. The van der Waals surface area contributed by atoms with Gasteiger partial charge in [-0.05, 0) is 46.7 Å². The Morgan fingerprint density at radius 1 is 1.19 bits per heavy atom. The van der Waals surface area contributed by atoms with Gasteiger partial charge in [0, 0.05) is 31.2 Å². The van der Waals surface area contributed by atoms with Crippen LogP contribution in [0.4, 0.5) is 5.69 Å². The van der Waals surface area contributed by atoms with Gasteiger partial charge in [0.15, 0.2) is 0 Å². The molecule has 0 aromatic heterocycles. The quantitative estimate of drug-likeness (QED) is 0.528. The second-order valence-corrected chi connectivity index (χ2v) is 6.91. The number of nitro benzene ring substituents is 1. The number of nitrogens with one attached hydrogen (secondary N) is 1. The van der Waals surface area contributed by atoms with Crippen LogP contribution in [0.2, 0.25) is 10.0 Å². The first-order chi connectivity index (χ1) is 12.0. The van der Waals surface area contributed by atoms with Gasteiger partial charge in [-0.1, -0.05) is 23.2 Å². The highest BCUT2D eigenvalue weighted by molar-refractivity contribution is 6.37. The van der Waals surface area contributed by atoms with Crippen molar-refractivity contribution in [3.63, 3.8) is 0 Å². The van der Waals surface area contributed by atoms with E-state index < -0.39 is 16.5 Å². The summed E-state index contributed by atoms with van der Waals surface area (Å²) < 4.78 is 0. The van der Waals surface area contributed by atoms with Crippen LogP contribution in [-0.4, -0.2) is 75.0 Å². The predicted octanol–water partition coefficient (Wildman–Crippen LogP) is 2.01. The number of rotatable bonds is 7. The molecule has 0 aliphatic rings. The summed E-state index contributed by atoms with van der Waals surface area (Å²) in [7, 11) is 7.73. The number of benzene rings is 1. The Bertz CT molecular complexity index is 624. The molecule has 26 heavy (non-hydrogen) atoms. The monoisotopic (exact) mass is 407 g/mol. The zero-order valence-electron chi connectivity index (χ0n) is 15.8. The molecule has 1 aromatic rings. The summed E-state index contributed by atoms with van der Waals surface area (Å²) in [6.45, 7) is 4.28. The fourth-order valence-corrected chi connectivity index (χ4v) is 2.43. The second-order valence-electron chi connectivity index (χ2n) is 6.10. The van der Waals surface area contributed by atoms with Crippen molar-refractivity contribution >= 4 is 34.8 Å². The van der Waals surface area contributed by atoms with Crippen LogP contribution in [-0.2, 0) is 0 Å². The van der Waals surface area contributed by atoms with Crippen molar-refractivity contribution in [3.05, 3.63) is 37.4 Å². The Morgan fingerprint density at radius 3 is 2.12 bits per heavy atom. The van der Waals surface area contributed by atoms with Gasteiger partial charge in [-0.3, -0.25) is 14.9 Å². The van der Waals surface area contributed by atoms with Crippen molar-refractivity contribution in [1.29, 1.82) is 0 Å². The van der Waals surface area contributed by atoms with Gasteiger partial charge in [-0.25, -0.2) is 0 Å².